The minimum Gasteiger partial charge on any atom is -0.419 e. The van der Waals surface area contributed by atoms with Crippen LogP contribution < -0.4 is 0 Å². The van der Waals surface area contributed by atoms with Gasteiger partial charge in [-0.05, 0) is 37.9 Å². The first-order chi connectivity index (χ1) is 9.86. The highest BCUT2D eigenvalue weighted by Crippen LogP contribution is 2.23. The van der Waals surface area contributed by atoms with E-state index in [0.29, 0.717) is 11.9 Å². The maximum Gasteiger partial charge on any atom is 0.247 e. The molecule has 1 aromatic heterocycles. The van der Waals surface area contributed by atoms with Crippen molar-refractivity contribution in [2.24, 2.45) is 0 Å². The van der Waals surface area contributed by atoms with E-state index in [-0.39, 0.29) is 0 Å². The van der Waals surface area contributed by atoms with E-state index in [1.165, 1.54) is 25.7 Å². The molecular weight excluding hydrogens is 250 g/mol. The van der Waals surface area contributed by atoms with Gasteiger partial charge in [0.05, 0.1) is 6.54 Å². The number of likely N-dealkylation sites (tertiary alicyclic amines) is 1. The third-order valence-electron chi connectivity index (χ3n) is 4.05. The fraction of sp³-hybridized carbons (Fsp3) is 0.500. The lowest BCUT2D eigenvalue weighted by Gasteiger charge is -2.33. The van der Waals surface area contributed by atoms with Gasteiger partial charge in [-0.1, -0.05) is 31.5 Å². The maximum atomic E-state index is 5.80. The van der Waals surface area contributed by atoms with Crippen LogP contribution in [0.25, 0.3) is 11.5 Å². The molecule has 4 heteroatoms. The third-order valence-corrected chi connectivity index (χ3v) is 4.05. The molecule has 0 radical (unpaired) electrons. The highest BCUT2D eigenvalue weighted by atomic mass is 16.4. The zero-order valence-electron chi connectivity index (χ0n) is 12.0. The average Bonchev–Trinajstić information content (AvgIpc) is 2.97. The van der Waals surface area contributed by atoms with Gasteiger partial charge >= 0.3 is 0 Å². The van der Waals surface area contributed by atoms with Crippen LogP contribution in [0.4, 0.5) is 0 Å². The van der Waals surface area contributed by atoms with Crippen LogP contribution in [0.1, 0.15) is 38.5 Å². The quantitative estimate of drug-likeness (QED) is 0.853. The molecule has 1 aliphatic rings. The number of piperidine rings is 1. The van der Waals surface area contributed by atoms with E-state index < -0.39 is 0 Å². The van der Waals surface area contributed by atoms with Gasteiger partial charge in [-0.3, -0.25) is 4.90 Å². The van der Waals surface area contributed by atoms with Crippen molar-refractivity contribution in [2.45, 2.75) is 45.2 Å². The predicted octanol–water partition coefficient (Wildman–Crippen LogP) is 3.50. The summed E-state index contributed by atoms with van der Waals surface area (Å²) in [5.74, 6) is 1.34. The van der Waals surface area contributed by atoms with Crippen molar-refractivity contribution in [2.75, 3.05) is 6.54 Å². The summed E-state index contributed by atoms with van der Waals surface area (Å²) in [6.45, 7) is 4.17. The Balaban J connectivity index is 1.71. The molecule has 20 heavy (non-hydrogen) atoms. The van der Waals surface area contributed by atoms with E-state index in [9.17, 15) is 0 Å². The molecule has 0 amide bonds. The van der Waals surface area contributed by atoms with Crippen molar-refractivity contribution in [3.63, 3.8) is 0 Å². The summed E-state index contributed by atoms with van der Waals surface area (Å²) in [7, 11) is 0. The number of aromatic nitrogens is 2. The second-order valence-corrected chi connectivity index (χ2v) is 5.40. The Morgan fingerprint density at radius 2 is 2.05 bits per heavy atom. The Hall–Kier alpha value is -1.68. The summed E-state index contributed by atoms with van der Waals surface area (Å²) in [6, 6.07) is 10.6. The Morgan fingerprint density at radius 1 is 1.20 bits per heavy atom. The van der Waals surface area contributed by atoms with Crippen molar-refractivity contribution >= 4 is 0 Å². The molecule has 0 spiro atoms. The van der Waals surface area contributed by atoms with E-state index in [4.69, 9.17) is 4.42 Å². The van der Waals surface area contributed by atoms with Gasteiger partial charge in [-0.25, -0.2) is 0 Å². The SMILES string of the molecule is CC[C@H]1CCCCN1Cc1nnc(-c2ccccc2)o1. The first-order valence-corrected chi connectivity index (χ1v) is 7.48. The molecular formula is C16H21N3O. The summed E-state index contributed by atoms with van der Waals surface area (Å²) in [5.41, 5.74) is 0.983. The van der Waals surface area contributed by atoms with Gasteiger partial charge in [0.1, 0.15) is 0 Å². The summed E-state index contributed by atoms with van der Waals surface area (Å²) in [5, 5.41) is 8.36. The van der Waals surface area contributed by atoms with Crippen LogP contribution in [0.2, 0.25) is 0 Å². The lowest BCUT2D eigenvalue weighted by Crippen LogP contribution is -2.38. The molecule has 0 saturated carbocycles. The molecule has 0 unspecified atom stereocenters. The normalized spacial score (nSPS) is 20.1. The fourth-order valence-corrected chi connectivity index (χ4v) is 2.92. The molecule has 2 heterocycles. The van der Waals surface area contributed by atoms with Crippen LogP contribution in [-0.4, -0.2) is 27.7 Å². The topological polar surface area (TPSA) is 42.2 Å². The first kappa shape index (κ1) is 13.3. The van der Waals surface area contributed by atoms with Crippen molar-refractivity contribution < 1.29 is 4.42 Å². The van der Waals surface area contributed by atoms with Gasteiger partial charge < -0.3 is 4.42 Å². The van der Waals surface area contributed by atoms with Crippen LogP contribution in [0.15, 0.2) is 34.7 Å². The van der Waals surface area contributed by atoms with Crippen LogP contribution >= 0.6 is 0 Å². The van der Waals surface area contributed by atoms with Gasteiger partial charge in [0.25, 0.3) is 0 Å². The number of nitrogens with zero attached hydrogens (tertiary/aromatic N) is 3. The summed E-state index contributed by atoms with van der Waals surface area (Å²) in [4.78, 5) is 2.48. The molecule has 3 rings (SSSR count). The second kappa shape index (κ2) is 6.18. The van der Waals surface area contributed by atoms with Crippen molar-refractivity contribution in [3.05, 3.63) is 36.2 Å². The highest BCUT2D eigenvalue weighted by Gasteiger charge is 2.22. The molecule has 1 fully saturated rings. The molecule has 0 aliphatic carbocycles. The molecule has 0 N–H and O–H groups in total. The number of benzene rings is 1. The van der Waals surface area contributed by atoms with Gasteiger partial charge in [0.15, 0.2) is 0 Å². The first-order valence-electron chi connectivity index (χ1n) is 7.48. The number of hydrogen-bond acceptors (Lipinski definition) is 4. The summed E-state index contributed by atoms with van der Waals surface area (Å²) < 4.78 is 5.80. The number of rotatable bonds is 4. The second-order valence-electron chi connectivity index (χ2n) is 5.40. The minimum absolute atomic E-state index is 0.616. The lowest BCUT2D eigenvalue weighted by atomic mass is 10.0. The van der Waals surface area contributed by atoms with E-state index in [0.717, 1.165) is 24.5 Å². The summed E-state index contributed by atoms with van der Waals surface area (Å²) >= 11 is 0. The molecule has 1 aromatic carbocycles. The Bertz CT molecular complexity index is 538. The highest BCUT2D eigenvalue weighted by molar-refractivity contribution is 5.51. The monoisotopic (exact) mass is 271 g/mol. The number of hydrogen-bond donors (Lipinski definition) is 0. The summed E-state index contributed by atoms with van der Waals surface area (Å²) in [6.07, 6.45) is 5.10. The smallest absolute Gasteiger partial charge is 0.247 e. The minimum atomic E-state index is 0.616. The van der Waals surface area contributed by atoms with Gasteiger partial charge in [0, 0.05) is 11.6 Å². The van der Waals surface area contributed by atoms with Crippen molar-refractivity contribution in [3.8, 4) is 11.5 Å². The molecule has 1 saturated heterocycles. The van der Waals surface area contributed by atoms with Gasteiger partial charge in [-0.15, -0.1) is 10.2 Å². The molecule has 106 valence electrons. The third kappa shape index (κ3) is 2.90. The molecule has 1 aliphatic heterocycles. The van der Waals surface area contributed by atoms with Crippen molar-refractivity contribution in [1.82, 2.24) is 15.1 Å². The zero-order valence-corrected chi connectivity index (χ0v) is 12.0. The van der Waals surface area contributed by atoms with Gasteiger partial charge in [-0.2, -0.15) is 0 Å². The van der Waals surface area contributed by atoms with Gasteiger partial charge in [0.2, 0.25) is 11.8 Å². The van der Waals surface area contributed by atoms with Crippen LogP contribution in [0.3, 0.4) is 0 Å². The predicted molar refractivity (Wildman–Crippen MR) is 78.1 cm³/mol. The molecule has 0 bridgehead atoms. The van der Waals surface area contributed by atoms with E-state index >= 15 is 0 Å². The van der Waals surface area contributed by atoms with Crippen LogP contribution in [0.5, 0.6) is 0 Å². The largest absolute Gasteiger partial charge is 0.419 e. The average molecular weight is 271 g/mol. The van der Waals surface area contributed by atoms with E-state index in [2.05, 4.69) is 22.0 Å². The van der Waals surface area contributed by atoms with E-state index in [1.807, 2.05) is 30.3 Å². The fourth-order valence-electron chi connectivity index (χ4n) is 2.92. The molecule has 4 nitrogen and oxygen atoms in total. The van der Waals surface area contributed by atoms with E-state index in [1.54, 1.807) is 0 Å². The molecule has 2 aromatic rings. The Kier molecular flexibility index (Phi) is 4.11. The molecule has 1 atom stereocenters. The Labute approximate surface area is 119 Å². The maximum absolute atomic E-state index is 5.80. The lowest BCUT2D eigenvalue weighted by molar-refractivity contribution is 0.124. The standard InChI is InChI=1S/C16H21N3O/c1-2-14-10-6-7-11-19(14)12-15-17-18-16(20-15)13-8-4-3-5-9-13/h3-5,8-9,14H,2,6-7,10-12H2,1H3/t14-/m0/s1. The zero-order chi connectivity index (χ0) is 13.8. The van der Waals surface area contributed by atoms with Crippen molar-refractivity contribution in [1.29, 1.82) is 0 Å². The Morgan fingerprint density at radius 3 is 2.85 bits per heavy atom. The van der Waals surface area contributed by atoms with Crippen LogP contribution in [-0.2, 0) is 6.54 Å². The van der Waals surface area contributed by atoms with Crippen LogP contribution in [0, 0.1) is 0 Å².